The van der Waals surface area contributed by atoms with Crippen molar-refractivity contribution < 1.29 is 90.1 Å². The molecule has 1 heterocycles. The second-order valence-corrected chi connectivity index (χ2v) is 26.0. The first kappa shape index (κ1) is 96.3. The van der Waals surface area contributed by atoms with Crippen molar-refractivity contribution in [1.29, 1.82) is 0 Å². The lowest BCUT2D eigenvalue weighted by Crippen LogP contribution is -2.31. The molecule has 10 N–H and O–H groups in total. The number of carbonyl (C=O) groups is 5. The smallest absolute Gasteiger partial charge is 0.300 e. The quantitative estimate of drug-likeness (QED) is 0.00485. The van der Waals surface area contributed by atoms with E-state index in [0.29, 0.717) is 60.7 Å². The first-order chi connectivity index (χ1) is 52.0. The van der Waals surface area contributed by atoms with E-state index in [2.05, 4.69) is 9.07 Å². The molecule has 5 aromatic rings. The van der Waals surface area contributed by atoms with Crippen LogP contribution in [0.1, 0.15) is 51.8 Å². The molecule has 6 rings (SSSR count). The molecule has 5 amide bonds. The van der Waals surface area contributed by atoms with Gasteiger partial charge in [-0.05, 0) is 24.3 Å². The van der Waals surface area contributed by atoms with Crippen molar-refractivity contribution >= 4 is 213 Å². The zero-order valence-corrected chi connectivity index (χ0v) is 64.0. The molecule has 1 fully saturated rings. The minimum Gasteiger partial charge on any atom is -0.368 e. The van der Waals surface area contributed by atoms with Crippen molar-refractivity contribution in [3.8, 4) is 0 Å². The van der Waals surface area contributed by atoms with Crippen LogP contribution < -0.4 is 53.2 Å². The molecule has 1 saturated heterocycles. The van der Waals surface area contributed by atoms with Gasteiger partial charge in [0.15, 0.2) is 0 Å². The van der Waals surface area contributed by atoms with Crippen LogP contribution in [-0.4, -0.2) is 209 Å². The fourth-order valence-corrected chi connectivity index (χ4v) is 11.7. The largest absolute Gasteiger partial charge is 0.368 e. The lowest BCUT2D eigenvalue weighted by molar-refractivity contribution is -0.394. The molecule has 0 spiro atoms. The third kappa shape index (κ3) is 28.9. The van der Waals surface area contributed by atoms with Gasteiger partial charge >= 0.3 is 0 Å². The Balaban J connectivity index is 0.000000473. The van der Waals surface area contributed by atoms with Gasteiger partial charge in [0.05, 0.1) is 117 Å². The highest BCUT2D eigenvalue weighted by Gasteiger charge is 2.36. The van der Waals surface area contributed by atoms with Gasteiger partial charge in [-0.3, -0.25) is 119 Å². The summed E-state index contributed by atoms with van der Waals surface area (Å²) in [5.74, 6) is -3.98. The number of halogens is 7. The molecule has 0 aromatic heterocycles. The minimum absolute atomic E-state index is 0.00107. The maximum absolute atomic E-state index is 11.6. The maximum Gasteiger partial charge on any atom is 0.300 e. The number of hydrogen-bond acceptors (Lipinski definition) is 34. The fraction of sp³-hybridized carbons (Fsp3) is 0.364. The van der Waals surface area contributed by atoms with E-state index in [0.717, 1.165) is 54.7 Å². The normalized spacial score (nSPS) is 11.0. The van der Waals surface area contributed by atoms with Crippen LogP contribution in [0, 0.1) is 91.0 Å². The first-order valence-corrected chi connectivity index (χ1v) is 36.4. The van der Waals surface area contributed by atoms with E-state index in [1.165, 1.54) is 33.9 Å². The fourth-order valence-electron chi connectivity index (χ4n) is 9.30. The summed E-state index contributed by atoms with van der Waals surface area (Å²) in [5.41, 5.74) is 18.9. The van der Waals surface area contributed by atoms with Crippen molar-refractivity contribution in [2.45, 2.75) is 4.90 Å². The first-order valence-electron chi connectivity index (χ1n) is 30.1. The summed E-state index contributed by atoms with van der Waals surface area (Å²) in [6.45, 7) is 2.33. The number of nitro groups is 9. The minimum atomic E-state index is -3.74. The lowest BCUT2D eigenvalue weighted by atomic mass is 10.1. The highest BCUT2D eigenvalue weighted by atomic mass is 35.5. The number of non-ortho nitro benzene ring substituents is 1. The molecule has 0 unspecified atom stereocenters. The monoisotopic (exact) mass is 1750 g/mol. The standard InChI is InChI=1S/C12H15Cl2N3O5S.C12H15ClN4O8S.2C11H12Cl2N4O5.C9H8N4O5/c1-21-22-23-11-7-9(17(19)20)8(12(15)18)6-10(11)16(4-2-13)5-3-14;1-26(23,24)25-5-4-15(3-2-13)10-6-8(12(14)18)9(16(19)20)7-11(10)17(21)22;12-1-3-15(4-2-13)9-5-7(11(14)18)8(16(19)20)6-10(9)17(21)22;12-1-3-15(4-2-13)10-8(11(14)18)5-7(16(19)20)6-9(10)17(21)22;10-9(14)5-3-7(11-1-2-11)8(13(17)18)4-6(5)12(15)16/h6-7H,2-5H2,1H3,(H2,15,18);6-7H,2-5H2,1H3,(H2,14,18);2*5-6H,1-4H2,(H2,14,18);3-4H,1-2H2,(H2,10,14). The average Bonchev–Trinajstić information content (AvgIpc) is 1.77. The van der Waals surface area contributed by atoms with E-state index in [1.54, 1.807) is 9.80 Å². The Morgan fingerprint density at radius 2 is 0.712 bits per heavy atom. The molecule has 0 atom stereocenters. The van der Waals surface area contributed by atoms with E-state index >= 15 is 0 Å². The molecule has 1 aliphatic rings. The van der Waals surface area contributed by atoms with Gasteiger partial charge in [-0.25, -0.2) is 4.89 Å². The number of amides is 5. The Kier molecular flexibility index (Phi) is 40.0. The number of nitro benzene ring substituents is 9. The number of nitrogens with two attached hydrogens (primary N) is 5. The molecule has 606 valence electrons. The zero-order valence-electron chi connectivity index (χ0n) is 57.0. The van der Waals surface area contributed by atoms with E-state index < -0.39 is 146 Å². The zero-order chi connectivity index (χ0) is 84.6. The third-order valence-corrected chi connectivity index (χ3v) is 16.5. The van der Waals surface area contributed by atoms with Crippen LogP contribution in [0.5, 0.6) is 0 Å². The van der Waals surface area contributed by atoms with Crippen molar-refractivity contribution in [1.82, 2.24) is 0 Å². The molecule has 0 bridgehead atoms. The molecule has 0 radical (unpaired) electrons. The maximum atomic E-state index is 11.6. The SMILES string of the molecule is COOSc1cc([N+](=O)[O-])c(C(N)=O)cc1N(CCCl)CCCl.CS(=O)(=O)OCCN(CCCl)c1cc(C(N)=O)c([N+](=O)[O-])cc1[N+](=O)[O-].NC(=O)c1cc(N(CCCl)CCCl)c([N+](=O)[O-])cc1[N+](=O)[O-].NC(=O)c1cc(N2CC2)c([N+](=O)[O-])cc1[N+](=O)[O-].NC(=O)c1cc([N+](=O)[O-])cc([N+](=O)[O-])c1N(CCCl)CCCl. The molecule has 0 saturated carbocycles. The Morgan fingerprint density at radius 3 is 1.02 bits per heavy atom. The van der Waals surface area contributed by atoms with Crippen LogP contribution in [0.15, 0.2) is 65.6 Å². The molecule has 1 aliphatic heterocycles. The summed E-state index contributed by atoms with van der Waals surface area (Å²) >= 11 is 40.6. The van der Waals surface area contributed by atoms with Crippen molar-refractivity contribution in [2.24, 2.45) is 28.7 Å². The van der Waals surface area contributed by atoms with Crippen LogP contribution in [0.4, 0.5) is 79.6 Å². The lowest BCUT2D eigenvalue weighted by Gasteiger charge is -2.25. The summed E-state index contributed by atoms with van der Waals surface area (Å²) in [4.78, 5) is 161. The van der Waals surface area contributed by atoms with Gasteiger partial charge < -0.3 is 53.2 Å². The summed E-state index contributed by atoms with van der Waals surface area (Å²) < 4.78 is 31.4. The number of primary amides is 5. The molecule has 47 nitrogen and oxygen atoms in total. The molecular formula is C55H62Cl7N19O28S2. The molecule has 111 heavy (non-hydrogen) atoms. The number of benzene rings is 5. The number of alkyl halides is 7. The van der Waals surface area contributed by atoms with Crippen LogP contribution in [-0.2, 0) is 23.5 Å². The molecular weight excluding hydrogens is 1690 g/mol. The highest BCUT2D eigenvalue weighted by molar-refractivity contribution is 7.94. The summed E-state index contributed by atoms with van der Waals surface area (Å²) in [7, 11) is -2.44. The van der Waals surface area contributed by atoms with Gasteiger partial charge in [-0.15, -0.1) is 81.2 Å². The number of carbonyl (C=O) groups excluding carboxylic acids is 5. The Morgan fingerprint density at radius 1 is 0.405 bits per heavy atom. The second-order valence-electron chi connectivity index (χ2n) is 21.0. The average molecular weight is 1750 g/mol. The molecule has 5 aromatic carbocycles. The molecule has 56 heteroatoms. The topological polar surface area (TPSA) is 682 Å². The van der Waals surface area contributed by atoms with E-state index in [9.17, 15) is 123 Å². The van der Waals surface area contributed by atoms with Crippen LogP contribution in [0.2, 0.25) is 0 Å². The van der Waals surface area contributed by atoms with E-state index in [1.807, 2.05) is 0 Å². The second kappa shape index (κ2) is 46.1. The third-order valence-electron chi connectivity index (χ3n) is 14.0. The van der Waals surface area contributed by atoms with Crippen LogP contribution in [0.3, 0.4) is 0 Å². The summed E-state index contributed by atoms with van der Waals surface area (Å²) in [6, 6.07) is 9.36. The van der Waals surface area contributed by atoms with E-state index in [4.69, 9.17) is 114 Å². The summed E-state index contributed by atoms with van der Waals surface area (Å²) in [5, 5.41) is 99.3. The predicted molar refractivity (Wildman–Crippen MR) is 406 cm³/mol. The number of hydrogen-bond donors (Lipinski definition) is 5. The van der Waals surface area contributed by atoms with Crippen molar-refractivity contribution in [3.05, 3.63) is 180 Å². The van der Waals surface area contributed by atoms with E-state index in [-0.39, 0.29) is 115 Å². The number of rotatable bonds is 40. The van der Waals surface area contributed by atoms with Gasteiger partial charge in [0.1, 0.15) is 45.0 Å². The van der Waals surface area contributed by atoms with Crippen LogP contribution in [0.25, 0.3) is 0 Å². The Hall–Kier alpha value is -10.7. The van der Waals surface area contributed by atoms with Gasteiger partial charge in [-0.1, -0.05) is 0 Å². The van der Waals surface area contributed by atoms with Gasteiger partial charge in [0.2, 0.25) is 0 Å². The summed E-state index contributed by atoms with van der Waals surface area (Å²) in [6.07, 6.45) is 0.832. The van der Waals surface area contributed by atoms with Crippen molar-refractivity contribution in [2.75, 3.05) is 151 Å². The van der Waals surface area contributed by atoms with Gasteiger partial charge in [-0.2, -0.15) is 12.8 Å². The number of nitrogens with zero attached hydrogens (tertiary/aromatic N) is 14. The molecule has 0 aliphatic carbocycles. The number of anilines is 5. The highest BCUT2D eigenvalue weighted by Crippen LogP contribution is 2.42. The van der Waals surface area contributed by atoms with Crippen molar-refractivity contribution in [3.63, 3.8) is 0 Å². The Labute approximate surface area is 663 Å². The van der Waals surface area contributed by atoms with Gasteiger partial charge in [0, 0.05) is 119 Å². The Bertz CT molecular complexity index is 4410. The predicted octanol–water partition coefficient (Wildman–Crippen LogP) is 7.38. The van der Waals surface area contributed by atoms with Crippen LogP contribution >= 0.6 is 93.2 Å². The van der Waals surface area contributed by atoms with Gasteiger partial charge in [0.25, 0.3) is 90.8 Å².